The van der Waals surface area contributed by atoms with Crippen LogP contribution in [0.15, 0.2) is 12.3 Å². The van der Waals surface area contributed by atoms with Gasteiger partial charge >= 0.3 is 0 Å². The number of nitrogens with zero attached hydrogens (tertiary/aromatic N) is 2. The van der Waals surface area contributed by atoms with Crippen LogP contribution in [-0.4, -0.2) is 41.5 Å². The molecule has 0 aromatic carbocycles. The van der Waals surface area contributed by atoms with Crippen molar-refractivity contribution in [3.05, 3.63) is 29.1 Å². The van der Waals surface area contributed by atoms with E-state index < -0.39 is 0 Å². The minimum Gasteiger partial charge on any atom is -0.351 e. The Bertz CT molecular complexity index is 521. The van der Waals surface area contributed by atoms with E-state index >= 15 is 0 Å². The fraction of sp³-hybridized carbons (Fsp3) is 0.647. The molecule has 1 saturated carbocycles. The number of nitrogens with one attached hydrogen (secondary N) is 1. The van der Waals surface area contributed by atoms with Gasteiger partial charge in [-0.25, -0.2) is 0 Å². The zero-order valence-electron chi connectivity index (χ0n) is 13.1. The minimum atomic E-state index is -0.00670. The summed E-state index contributed by atoms with van der Waals surface area (Å²) in [5.74, 6) is 0.891. The Hall–Kier alpha value is -1.42. The number of rotatable bonds is 4. The van der Waals surface area contributed by atoms with Gasteiger partial charge < -0.3 is 5.32 Å². The SMILES string of the molecule is Cc1cc(C(=O)NCCN2CC3CCC2CC3)cnc1C. The third-order valence-corrected chi connectivity index (χ3v) is 5.11. The number of amides is 1. The summed E-state index contributed by atoms with van der Waals surface area (Å²) >= 11 is 0. The highest BCUT2D eigenvalue weighted by Gasteiger charge is 2.33. The monoisotopic (exact) mass is 287 g/mol. The largest absolute Gasteiger partial charge is 0.351 e. The first-order chi connectivity index (χ1) is 10.1. The molecular weight excluding hydrogens is 262 g/mol. The molecule has 4 nitrogen and oxygen atoms in total. The predicted octanol–water partition coefficient (Wildman–Crippen LogP) is 2.30. The first-order valence-corrected chi connectivity index (χ1v) is 8.09. The van der Waals surface area contributed by atoms with Gasteiger partial charge in [0.2, 0.25) is 0 Å². The molecule has 3 aliphatic rings. The molecule has 3 heterocycles. The third-order valence-electron chi connectivity index (χ3n) is 5.11. The van der Waals surface area contributed by atoms with Gasteiger partial charge in [0.15, 0.2) is 0 Å². The molecule has 1 amide bonds. The summed E-state index contributed by atoms with van der Waals surface area (Å²) in [6.07, 6.45) is 7.17. The van der Waals surface area contributed by atoms with Crippen LogP contribution < -0.4 is 5.32 Å². The molecule has 2 aliphatic heterocycles. The van der Waals surface area contributed by atoms with Crippen LogP contribution in [0.2, 0.25) is 0 Å². The molecule has 1 aromatic rings. The lowest BCUT2D eigenvalue weighted by Crippen LogP contribution is -2.50. The van der Waals surface area contributed by atoms with E-state index in [4.69, 9.17) is 0 Å². The Morgan fingerprint density at radius 3 is 2.71 bits per heavy atom. The molecule has 0 atom stereocenters. The molecule has 114 valence electrons. The van der Waals surface area contributed by atoms with E-state index in [1.165, 1.54) is 32.2 Å². The summed E-state index contributed by atoms with van der Waals surface area (Å²) in [4.78, 5) is 19.0. The first-order valence-electron chi connectivity index (χ1n) is 8.09. The van der Waals surface area contributed by atoms with Crippen LogP contribution in [0, 0.1) is 19.8 Å². The van der Waals surface area contributed by atoms with Gasteiger partial charge in [0, 0.05) is 37.6 Å². The number of hydrogen-bond acceptors (Lipinski definition) is 3. The zero-order valence-corrected chi connectivity index (χ0v) is 13.1. The molecule has 3 fully saturated rings. The van der Waals surface area contributed by atoms with Crippen LogP contribution in [0.5, 0.6) is 0 Å². The molecule has 4 rings (SSSR count). The Labute approximate surface area is 126 Å². The summed E-state index contributed by atoms with van der Waals surface area (Å²) in [7, 11) is 0. The lowest BCUT2D eigenvalue weighted by atomic mass is 9.80. The van der Waals surface area contributed by atoms with E-state index in [2.05, 4.69) is 15.2 Å². The first kappa shape index (κ1) is 14.5. The molecule has 2 saturated heterocycles. The number of aromatic nitrogens is 1. The maximum absolute atomic E-state index is 12.1. The standard InChI is InChI=1S/C17H25N3O/c1-12-9-15(10-19-13(12)2)17(21)18-7-8-20-11-14-3-5-16(20)6-4-14/h9-10,14,16H,3-8,11H2,1-2H3,(H,18,21). The average molecular weight is 287 g/mol. The zero-order chi connectivity index (χ0) is 14.8. The van der Waals surface area contributed by atoms with Gasteiger partial charge in [0.25, 0.3) is 5.91 Å². The fourth-order valence-electron chi connectivity index (χ4n) is 3.63. The average Bonchev–Trinajstić information content (AvgIpc) is 2.51. The molecule has 0 unspecified atom stereocenters. The van der Waals surface area contributed by atoms with Crippen LogP contribution in [-0.2, 0) is 0 Å². The molecule has 1 aromatic heterocycles. The van der Waals surface area contributed by atoms with Gasteiger partial charge in [0.05, 0.1) is 5.56 Å². The van der Waals surface area contributed by atoms with Crippen LogP contribution >= 0.6 is 0 Å². The molecule has 21 heavy (non-hydrogen) atoms. The van der Waals surface area contributed by atoms with Crippen LogP contribution in [0.3, 0.4) is 0 Å². The highest BCUT2D eigenvalue weighted by atomic mass is 16.1. The van der Waals surface area contributed by atoms with Crippen molar-refractivity contribution in [3.63, 3.8) is 0 Å². The second kappa shape index (κ2) is 6.14. The van der Waals surface area contributed by atoms with Crippen molar-refractivity contribution in [1.82, 2.24) is 15.2 Å². The quantitative estimate of drug-likeness (QED) is 0.924. The van der Waals surface area contributed by atoms with Crippen LogP contribution in [0.1, 0.15) is 47.3 Å². The topological polar surface area (TPSA) is 45.2 Å². The second-order valence-corrected chi connectivity index (χ2v) is 6.55. The Balaban J connectivity index is 1.48. The summed E-state index contributed by atoms with van der Waals surface area (Å²) in [6.45, 7) is 6.89. The molecular formula is C17H25N3O. The number of fused-ring (bicyclic) bond motifs is 3. The smallest absolute Gasteiger partial charge is 0.252 e. The molecule has 0 spiro atoms. The number of carbonyl (C=O) groups is 1. The number of pyridine rings is 1. The van der Waals surface area contributed by atoms with E-state index in [1.807, 2.05) is 19.9 Å². The summed E-state index contributed by atoms with van der Waals surface area (Å²) in [6, 6.07) is 2.68. The van der Waals surface area contributed by atoms with Gasteiger partial charge in [-0.3, -0.25) is 14.7 Å². The van der Waals surface area contributed by atoms with Crippen molar-refractivity contribution >= 4 is 5.91 Å². The number of hydrogen-bond donors (Lipinski definition) is 1. The predicted molar refractivity (Wildman–Crippen MR) is 83.4 cm³/mol. The number of carbonyl (C=O) groups excluding carboxylic acids is 1. The van der Waals surface area contributed by atoms with Gasteiger partial charge in [-0.15, -0.1) is 0 Å². The van der Waals surface area contributed by atoms with Crippen LogP contribution in [0.4, 0.5) is 0 Å². The second-order valence-electron chi connectivity index (χ2n) is 6.55. The Kier molecular flexibility index (Phi) is 4.24. The fourth-order valence-corrected chi connectivity index (χ4v) is 3.63. The Morgan fingerprint density at radius 1 is 1.33 bits per heavy atom. The normalized spacial score (nSPS) is 25.0. The summed E-state index contributed by atoms with van der Waals surface area (Å²) in [5.41, 5.74) is 2.71. The maximum Gasteiger partial charge on any atom is 0.252 e. The number of aryl methyl sites for hydroxylation is 2. The molecule has 0 radical (unpaired) electrons. The van der Waals surface area contributed by atoms with E-state index in [0.717, 1.165) is 36.3 Å². The van der Waals surface area contributed by atoms with Crippen molar-refractivity contribution in [2.75, 3.05) is 19.6 Å². The highest BCUT2D eigenvalue weighted by molar-refractivity contribution is 5.94. The van der Waals surface area contributed by atoms with Gasteiger partial charge in [0.1, 0.15) is 0 Å². The van der Waals surface area contributed by atoms with Gasteiger partial charge in [-0.05, 0) is 57.1 Å². The van der Waals surface area contributed by atoms with Gasteiger partial charge in [-0.2, -0.15) is 0 Å². The van der Waals surface area contributed by atoms with Gasteiger partial charge in [-0.1, -0.05) is 0 Å². The number of piperidine rings is 2. The summed E-state index contributed by atoms with van der Waals surface area (Å²) < 4.78 is 0. The van der Waals surface area contributed by atoms with Crippen molar-refractivity contribution in [1.29, 1.82) is 0 Å². The Morgan fingerprint density at radius 2 is 2.10 bits per heavy atom. The highest BCUT2D eigenvalue weighted by Crippen LogP contribution is 2.34. The minimum absolute atomic E-state index is 0.00670. The van der Waals surface area contributed by atoms with E-state index in [1.54, 1.807) is 6.20 Å². The lowest BCUT2D eigenvalue weighted by Gasteiger charge is -2.45. The lowest BCUT2D eigenvalue weighted by molar-refractivity contribution is 0.0494. The van der Waals surface area contributed by atoms with Crippen molar-refractivity contribution in [3.8, 4) is 0 Å². The third kappa shape index (κ3) is 3.26. The molecule has 2 bridgehead atoms. The van der Waals surface area contributed by atoms with Crippen molar-refractivity contribution in [2.45, 2.75) is 45.6 Å². The van der Waals surface area contributed by atoms with Crippen molar-refractivity contribution in [2.24, 2.45) is 5.92 Å². The maximum atomic E-state index is 12.1. The summed E-state index contributed by atoms with van der Waals surface area (Å²) in [5, 5.41) is 3.03. The van der Waals surface area contributed by atoms with E-state index in [9.17, 15) is 4.79 Å². The molecule has 1 N–H and O–H groups in total. The molecule has 1 aliphatic carbocycles. The van der Waals surface area contributed by atoms with E-state index in [-0.39, 0.29) is 5.91 Å². The van der Waals surface area contributed by atoms with E-state index in [0.29, 0.717) is 5.56 Å². The molecule has 4 heteroatoms. The van der Waals surface area contributed by atoms with Crippen LogP contribution in [0.25, 0.3) is 0 Å². The van der Waals surface area contributed by atoms with Crippen molar-refractivity contribution < 1.29 is 4.79 Å².